The van der Waals surface area contributed by atoms with Crippen LogP contribution in [0.5, 0.6) is 5.75 Å². The summed E-state index contributed by atoms with van der Waals surface area (Å²) in [6.07, 6.45) is 2.52. The summed E-state index contributed by atoms with van der Waals surface area (Å²) >= 11 is 0. The molecule has 0 fully saturated rings. The first kappa shape index (κ1) is 18.2. The van der Waals surface area contributed by atoms with Crippen molar-refractivity contribution in [3.05, 3.63) is 89.0 Å². The predicted octanol–water partition coefficient (Wildman–Crippen LogP) is 3.72. The van der Waals surface area contributed by atoms with E-state index >= 15 is 0 Å². The molecule has 28 heavy (non-hydrogen) atoms. The number of hydrogen-bond donors (Lipinski definition) is 0. The summed E-state index contributed by atoms with van der Waals surface area (Å²) in [6.45, 7) is 3.08. The number of hydrogen-bond acceptors (Lipinski definition) is 4. The normalized spacial score (nSPS) is 13.9. The zero-order valence-corrected chi connectivity index (χ0v) is 16.1. The largest absolute Gasteiger partial charge is 0.497 e. The number of fused-ring (bicyclic) bond motifs is 1. The summed E-state index contributed by atoms with van der Waals surface area (Å²) < 4.78 is 5.20. The van der Waals surface area contributed by atoms with Gasteiger partial charge in [0.05, 0.1) is 25.3 Å². The summed E-state index contributed by atoms with van der Waals surface area (Å²) in [5.41, 5.74) is 4.15. The minimum Gasteiger partial charge on any atom is -0.497 e. The van der Waals surface area contributed by atoms with Gasteiger partial charge in [-0.25, -0.2) is 9.97 Å². The predicted molar refractivity (Wildman–Crippen MR) is 107 cm³/mol. The van der Waals surface area contributed by atoms with Gasteiger partial charge in [-0.05, 0) is 30.2 Å². The summed E-state index contributed by atoms with van der Waals surface area (Å²) in [6, 6.07) is 17.8. The van der Waals surface area contributed by atoms with Crippen molar-refractivity contribution in [3.8, 4) is 5.75 Å². The van der Waals surface area contributed by atoms with E-state index in [1.165, 1.54) is 0 Å². The Kier molecular flexibility index (Phi) is 5.06. The minimum absolute atomic E-state index is 0.126. The van der Waals surface area contributed by atoms with Gasteiger partial charge in [0.1, 0.15) is 11.6 Å². The van der Waals surface area contributed by atoms with E-state index in [0.717, 1.165) is 34.0 Å². The van der Waals surface area contributed by atoms with Crippen LogP contribution in [0.2, 0.25) is 0 Å². The molecule has 2 aromatic carbocycles. The molecule has 1 aromatic heterocycles. The van der Waals surface area contributed by atoms with E-state index in [1.807, 2.05) is 72.6 Å². The first-order valence-corrected chi connectivity index (χ1v) is 9.44. The van der Waals surface area contributed by atoms with Crippen molar-refractivity contribution < 1.29 is 9.53 Å². The van der Waals surface area contributed by atoms with Gasteiger partial charge in [0.25, 0.3) is 0 Å². The van der Waals surface area contributed by atoms with E-state index in [-0.39, 0.29) is 11.8 Å². The van der Waals surface area contributed by atoms with Gasteiger partial charge in [-0.2, -0.15) is 0 Å². The molecule has 1 aliphatic rings. The molecular formula is C23H23N3O2. The Hall–Kier alpha value is -3.21. The lowest BCUT2D eigenvalue weighted by atomic mass is 10.00. The van der Waals surface area contributed by atoms with Crippen molar-refractivity contribution in [1.82, 2.24) is 14.9 Å². The Labute approximate surface area is 165 Å². The van der Waals surface area contributed by atoms with Crippen molar-refractivity contribution in [3.63, 3.8) is 0 Å². The second kappa shape index (κ2) is 7.80. The number of ether oxygens (including phenoxy) is 1. The van der Waals surface area contributed by atoms with Gasteiger partial charge in [-0.1, -0.05) is 42.5 Å². The van der Waals surface area contributed by atoms with Crippen LogP contribution >= 0.6 is 0 Å². The molecule has 0 bridgehead atoms. The molecule has 4 rings (SSSR count). The van der Waals surface area contributed by atoms with Gasteiger partial charge >= 0.3 is 0 Å². The number of amides is 1. The number of methoxy groups -OCH3 is 1. The van der Waals surface area contributed by atoms with Crippen LogP contribution in [-0.4, -0.2) is 27.9 Å². The van der Waals surface area contributed by atoms with E-state index < -0.39 is 0 Å². The molecule has 0 saturated carbocycles. The van der Waals surface area contributed by atoms with Crippen LogP contribution in [0.25, 0.3) is 0 Å². The highest BCUT2D eigenvalue weighted by atomic mass is 16.5. The smallest absolute Gasteiger partial charge is 0.230 e. The quantitative estimate of drug-likeness (QED) is 0.684. The molecule has 0 saturated heterocycles. The molecule has 0 aliphatic carbocycles. The number of carbonyl (C=O) groups excluding carboxylic acids is 1. The van der Waals surface area contributed by atoms with Crippen molar-refractivity contribution in [2.45, 2.75) is 32.4 Å². The van der Waals surface area contributed by atoms with Gasteiger partial charge in [-0.15, -0.1) is 0 Å². The Bertz CT molecular complexity index is 971. The van der Waals surface area contributed by atoms with Crippen molar-refractivity contribution in [1.29, 1.82) is 0 Å². The summed E-state index contributed by atoms with van der Waals surface area (Å²) in [5, 5.41) is 0. The average molecular weight is 373 g/mol. The zero-order chi connectivity index (χ0) is 19.5. The zero-order valence-electron chi connectivity index (χ0n) is 16.1. The molecule has 0 N–H and O–H groups in total. The number of benzene rings is 2. The first-order valence-electron chi connectivity index (χ1n) is 9.44. The maximum absolute atomic E-state index is 12.9. The highest BCUT2D eigenvalue weighted by molar-refractivity contribution is 5.83. The first-order chi connectivity index (χ1) is 13.6. The Morgan fingerprint density at radius 1 is 1.11 bits per heavy atom. The SMILES string of the molecule is COc1ccc(Cc2ncc3c(n2)CN(C(=O)[C@H](C)c2ccccc2)C3)cc1. The second-order valence-electron chi connectivity index (χ2n) is 7.11. The molecule has 0 unspecified atom stereocenters. The fourth-order valence-corrected chi connectivity index (χ4v) is 3.52. The Morgan fingerprint density at radius 3 is 2.57 bits per heavy atom. The highest BCUT2D eigenvalue weighted by Gasteiger charge is 2.28. The van der Waals surface area contributed by atoms with E-state index in [2.05, 4.69) is 4.98 Å². The highest BCUT2D eigenvalue weighted by Crippen LogP contribution is 2.26. The minimum atomic E-state index is -0.165. The Morgan fingerprint density at radius 2 is 1.86 bits per heavy atom. The Balaban J connectivity index is 1.45. The molecule has 1 atom stereocenters. The van der Waals surface area contributed by atoms with Gasteiger partial charge in [0, 0.05) is 24.7 Å². The summed E-state index contributed by atoms with van der Waals surface area (Å²) in [7, 11) is 1.66. The van der Waals surface area contributed by atoms with Crippen molar-refractivity contribution >= 4 is 5.91 Å². The molecule has 5 nitrogen and oxygen atoms in total. The standard InChI is InChI=1S/C23H23N3O2/c1-16(18-6-4-3-5-7-18)23(27)26-14-19-13-24-22(25-21(19)15-26)12-17-8-10-20(28-2)11-9-17/h3-11,13,16H,12,14-15H2,1-2H3/t16-/m1/s1. The van der Waals surface area contributed by atoms with E-state index in [0.29, 0.717) is 19.5 Å². The third-order valence-corrected chi connectivity index (χ3v) is 5.21. The topological polar surface area (TPSA) is 55.3 Å². The molecule has 2 heterocycles. The number of carbonyl (C=O) groups is 1. The molecular weight excluding hydrogens is 350 g/mol. The summed E-state index contributed by atoms with van der Waals surface area (Å²) in [4.78, 5) is 24.0. The third-order valence-electron chi connectivity index (χ3n) is 5.21. The maximum atomic E-state index is 12.9. The van der Waals surface area contributed by atoms with Gasteiger partial charge in [-0.3, -0.25) is 4.79 Å². The number of rotatable bonds is 5. The lowest BCUT2D eigenvalue weighted by Crippen LogP contribution is -2.29. The molecule has 0 spiro atoms. The summed E-state index contributed by atoms with van der Waals surface area (Å²) in [5.74, 6) is 1.57. The van der Waals surface area contributed by atoms with E-state index in [9.17, 15) is 4.79 Å². The van der Waals surface area contributed by atoms with Crippen molar-refractivity contribution in [2.24, 2.45) is 0 Å². The number of aromatic nitrogens is 2. The van der Waals surface area contributed by atoms with Crippen LogP contribution in [-0.2, 0) is 24.3 Å². The molecule has 3 aromatic rings. The maximum Gasteiger partial charge on any atom is 0.230 e. The number of nitrogens with zero attached hydrogens (tertiary/aromatic N) is 3. The van der Waals surface area contributed by atoms with Crippen LogP contribution in [0, 0.1) is 0 Å². The lowest BCUT2D eigenvalue weighted by Gasteiger charge is -2.20. The molecule has 5 heteroatoms. The molecule has 0 radical (unpaired) electrons. The van der Waals surface area contributed by atoms with Crippen LogP contribution < -0.4 is 4.74 Å². The fourth-order valence-electron chi connectivity index (χ4n) is 3.52. The van der Waals surface area contributed by atoms with Crippen LogP contribution in [0.15, 0.2) is 60.8 Å². The van der Waals surface area contributed by atoms with Gasteiger partial charge in [0.15, 0.2) is 0 Å². The monoisotopic (exact) mass is 373 g/mol. The van der Waals surface area contributed by atoms with Crippen LogP contribution in [0.4, 0.5) is 0 Å². The van der Waals surface area contributed by atoms with Crippen LogP contribution in [0.1, 0.15) is 41.1 Å². The molecule has 142 valence electrons. The molecule has 1 amide bonds. The van der Waals surface area contributed by atoms with Gasteiger partial charge < -0.3 is 9.64 Å². The fraction of sp³-hybridized carbons (Fsp3) is 0.261. The molecule has 1 aliphatic heterocycles. The van der Waals surface area contributed by atoms with E-state index in [1.54, 1.807) is 7.11 Å². The average Bonchev–Trinajstić information content (AvgIpc) is 3.17. The van der Waals surface area contributed by atoms with Crippen LogP contribution in [0.3, 0.4) is 0 Å². The van der Waals surface area contributed by atoms with Gasteiger partial charge in [0.2, 0.25) is 5.91 Å². The van der Waals surface area contributed by atoms with E-state index in [4.69, 9.17) is 9.72 Å². The third kappa shape index (κ3) is 3.74. The lowest BCUT2D eigenvalue weighted by molar-refractivity contribution is -0.133. The van der Waals surface area contributed by atoms with Crippen molar-refractivity contribution in [2.75, 3.05) is 7.11 Å². The second-order valence-corrected chi connectivity index (χ2v) is 7.11.